The van der Waals surface area contributed by atoms with Crippen LogP contribution in [0.3, 0.4) is 0 Å². The third kappa shape index (κ3) is 6.45. The third-order valence-electron chi connectivity index (χ3n) is 4.62. The number of piperidine rings is 1. The Balaban J connectivity index is 0.00000288. The first kappa shape index (κ1) is 21.0. The van der Waals surface area contributed by atoms with Crippen LogP contribution in [0, 0.1) is 0 Å². The van der Waals surface area contributed by atoms with Crippen molar-refractivity contribution >= 4 is 18.2 Å². The van der Waals surface area contributed by atoms with Crippen LogP contribution in [0.15, 0.2) is 18.2 Å². The molecule has 0 saturated carbocycles. The van der Waals surface area contributed by atoms with Crippen LogP contribution in [0.25, 0.3) is 0 Å². The zero-order valence-electron chi connectivity index (χ0n) is 15.2. The molecule has 0 amide bonds. The van der Waals surface area contributed by atoms with Gasteiger partial charge in [0.15, 0.2) is 5.78 Å². The fourth-order valence-corrected chi connectivity index (χ4v) is 3.08. The molecule has 1 saturated heterocycles. The number of halogens is 1. The molecule has 0 N–H and O–H groups in total. The molecule has 1 aromatic rings. The molecule has 0 aromatic heterocycles. The lowest BCUT2D eigenvalue weighted by Crippen LogP contribution is -2.31. The van der Waals surface area contributed by atoms with Crippen molar-refractivity contribution in [1.82, 2.24) is 4.90 Å². The van der Waals surface area contributed by atoms with E-state index in [1.54, 1.807) is 0 Å². The van der Waals surface area contributed by atoms with E-state index in [1.165, 1.54) is 19.3 Å². The lowest BCUT2D eigenvalue weighted by atomic mass is 10.0. The number of hydrogen-bond donors (Lipinski definition) is 0. The van der Waals surface area contributed by atoms with Gasteiger partial charge in [-0.25, -0.2) is 0 Å². The summed E-state index contributed by atoms with van der Waals surface area (Å²) < 4.78 is 5.84. The van der Waals surface area contributed by atoms with Crippen LogP contribution in [-0.4, -0.2) is 36.9 Å². The highest BCUT2D eigenvalue weighted by atomic mass is 35.5. The van der Waals surface area contributed by atoms with Crippen LogP contribution in [0.4, 0.5) is 0 Å². The Hall–Kier alpha value is -1.06. The summed E-state index contributed by atoms with van der Waals surface area (Å²) in [5, 5.41) is 0. The first-order chi connectivity index (χ1) is 11.2. The third-order valence-corrected chi connectivity index (χ3v) is 4.62. The predicted molar refractivity (Wildman–Crippen MR) is 103 cm³/mol. The van der Waals surface area contributed by atoms with Gasteiger partial charge in [0.2, 0.25) is 0 Å². The molecule has 1 aromatic carbocycles. The van der Waals surface area contributed by atoms with Gasteiger partial charge < -0.3 is 9.64 Å². The summed E-state index contributed by atoms with van der Waals surface area (Å²) in [5.74, 6) is 1.19. The molecule has 2 rings (SSSR count). The van der Waals surface area contributed by atoms with Gasteiger partial charge in [0.1, 0.15) is 5.75 Å². The number of aryl methyl sites for hydroxylation is 1. The molecule has 1 aliphatic rings. The molecule has 0 spiro atoms. The molecule has 1 heterocycles. The van der Waals surface area contributed by atoms with Crippen LogP contribution in [0.5, 0.6) is 5.75 Å². The van der Waals surface area contributed by atoms with Crippen molar-refractivity contribution in [3.63, 3.8) is 0 Å². The second-order valence-corrected chi connectivity index (χ2v) is 6.45. The maximum Gasteiger partial charge on any atom is 0.164 e. The molecule has 3 nitrogen and oxygen atoms in total. The second kappa shape index (κ2) is 11.5. The Bertz CT molecular complexity index is 498. The number of hydrogen-bond acceptors (Lipinski definition) is 3. The van der Waals surface area contributed by atoms with Crippen LogP contribution in [-0.2, 0) is 6.42 Å². The van der Waals surface area contributed by atoms with Crippen LogP contribution >= 0.6 is 12.4 Å². The molecule has 0 radical (unpaired) electrons. The van der Waals surface area contributed by atoms with Gasteiger partial charge in [-0.2, -0.15) is 0 Å². The van der Waals surface area contributed by atoms with Crippen LogP contribution < -0.4 is 4.74 Å². The van der Waals surface area contributed by atoms with Gasteiger partial charge in [0.25, 0.3) is 0 Å². The van der Waals surface area contributed by atoms with Gasteiger partial charge in [-0.05, 0) is 62.5 Å². The zero-order chi connectivity index (χ0) is 16.5. The molecule has 4 heteroatoms. The minimum atomic E-state index is 0. The SMILES string of the molecule is CCCCOc1ccc(C(=O)CCN2CCCCC2)cc1CC.Cl. The summed E-state index contributed by atoms with van der Waals surface area (Å²) in [5.41, 5.74) is 1.98. The first-order valence-corrected chi connectivity index (χ1v) is 9.25. The lowest BCUT2D eigenvalue weighted by molar-refractivity contribution is 0.0958. The number of ether oxygens (including phenoxy) is 1. The summed E-state index contributed by atoms with van der Waals surface area (Å²) >= 11 is 0. The Labute approximate surface area is 153 Å². The minimum Gasteiger partial charge on any atom is -0.493 e. The summed E-state index contributed by atoms with van der Waals surface area (Å²) in [7, 11) is 0. The summed E-state index contributed by atoms with van der Waals surface area (Å²) in [6.45, 7) is 8.23. The van der Waals surface area contributed by atoms with Gasteiger partial charge in [0, 0.05) is 18.5 Å². The van der Waals surface area contributed by atoms with Crippen molar-refractivity contribution in [2.45, 2.75) is 58.8 Å². The average Bonchev–Trinajstić information content (AvgIpc) is 2.61. The van der Waals surface area contributed by atoms with E-state index in [0.717, 1.165) is 62.4 Å². The fourth-order valence-electron chi connectivity index (χ4n) is 3.08. The van der Waals surface area contributed by atoms with E-state index in [0.29, 0.717) is 6.42 Å². The van der Waals surface area contributed by atoms with E-state index in [-0.39, 0.29) is 18.2 Å². The van der Waals surface area contributed by atoms with Crippen molar-refractivity contribution in [3.05, 3.63) is 29.3 Å². The number of carbonyl (C=O) groups excluding carboxylic acids is 1. The highest BCUT2D eigenvalue weighted by Crippen LogP contribution is 2.22. The molecular formula is C20H32ClNO2. The maximum absolute atomic E-state index is 12.5. The number of Topliss-reactive ketones (excluding diaryl/α,β-unsaturated/α-hetero) is 1. The monoisotopic (exact) mass is 353 g/mol. The van der Waals surface area contributed by atoms with E-state index in [2.05, 4.69) is 18.7 Å². The Morgan fingerprint density at radius 1 is 1.17 bits per heavy atom. The first-order valence-electron chi connectivity index (χ1n) is 9.25. The number of unbranched alkanes of at least 4 members (excludes halogenated alkanes) is 1. The van der Waals surface area contributed by atoms with Gasteiger partial charge >= 0.3 is 0 Å². The molecule has 0 bridgehead atoms. The molecule has 1 fully saturated rings. The Morgan fingerprint density at radius 3 is 2.58 bits per heavy atom. The van der Waals surface area contributed by atoms with Crippen LogP contribution in [0.2, 0.25) is 0 Å². The van der Waals surface area contributed by atoms with Crippen molar-refractivity contribution in [2.24, 2.45) is 0 Å². The molecular weight excluding hydrogens is 322 g/mol. The van der Waals surface area contributed by atoms with Gasteiger partial charge in [0.05, 0.1) is 6.61 Å². The lowest BCUT2D eigenvalue weighted by Gasteiger charge is -2.26. The van der Waals surface area contributed by atoms with Gasteiger partial charge in [-0.1, -0.05) is 26.7 Å². The molecule has 24 heavy (non-hydrogen) atoms. The van der Waals surface area contributed by atoms with Gasteiger partial charge in [-0.3, -0.25) is 4.79 Å². The number of rotatable bonds is 9. The zero-order valence-corrected chi connectivity index (χ0v) is 16.0. The number of nitrogens with zero attached hydrogens (tertiary/aromatic N) is 1. The van der Waals surface area contributed by atoms with E-state index < -0.39 is 0 Å². The largest absolute Gasteiger partial charge is 0.493 e. The molecule has 136 valence electrons. The fraction of sp³-hybridized carbons (Fsp3) is 0.650. The highest BCUT2D eigenvalue weighted by molar-refractivity contribution is 5.96. The topological polar surface area (TPSA) is 29.5 Å². The van der Waals surface area contributed by atoms with E-state index in [1.807, 2.05) is 18.2 Å². The summed E-state index contributed by atoms with van der Waals surface area (Å²) in [6, 6.07) is 5.93. The van der Waals surface area contributed by atoms with Crippen molar-refractivity contribution in [2.75, 3.05) is 26.2 Å². The molecule has 0 aliphatic carbocycles. The van der Waals surface area contributed by atoms with E-state index in [9.17, 15) is 4.79 Å². The number of benzene rings is 1. The van der Waals surface area contributed by atoms with E-state index >= 15 is 0 Å². The Morgan fingerprint density at radius 2 is 1.92 bits per heavy atom. The Kier molecular flexibility index (Phi) is 10.0. The van der Waals surface area contributed by atoms with Crippen molar-refractivity contribution in [3.8, 4) is 5.75 Å². The average molecular weight is 354 g/mol. The predicted octanol–water partition coefficient (Wildman–Crippen LogP) is 4.91. The van der Waals surface area contributed by atoms with E-state index in [4.69, 9.17) is 4.74 Å². The minimum absolute atomic E-state index is 0. The van der Waals surface area contributed by atoms with Crippen molar-refractivity contribution in [1.29, 1.82) is 0 Å². The normalized spacial score (nSPS) is 14.9. The quantitative estimate of drug-likeness (QED) is 0.466. The molecule has 1 aliphatic heterocycles. The highest BCUT2D eigenvalue weighted by Gasteiger charge is 2.14. The number of likely N-dealkylation sites (tertiary alicyclic amines) is 1. The van der Waals surface area contributed by atoms with Crippen molar-refractivity contribution < 1.29 is 9.53 Å². The molecule has 0 atom stereocenters. The summed E-state index contributed by atoms with van der Waals surface area (Å²) in [4.78, 5) is 14.9. The number of ketones is 1. The van der Waals surface area contributed by atoms with Crippen LogP contribution in [0.1, 0.15) is 68.3 Å². The standard InChI is InChI=1S/C20H31NO2.ClH/c1-3-5-15-23-20-10-9-18(16-17(20)4-2)19(22)11-14-21-12-7-6-8-13-21;/h9-10,16H,3-8,11-15H2,1-2H3;1H. The van der Waals surface area contributed by atoms with Gasteiger partial charge in [-0.15, -0.1) is 12.4 Å². The number of carbonyl (C=O) groups is 1. The summed E-state index contributed by atoms with van der Waals surface area (Å²) in [6.07, 6.45) is 7.61. The second-order valence-electron chi connectivity index (χ2n) is 6.45. The molecule has 0 unspecified atom stereocenters. The maximum atomic E-state index is 12.5. The smallest absolute Gasteiger partial charge is 0.164 e.